The van der Waals surface area contributed by atoms with E-state index in [0.29, 0.717) is 12.8 Å². The second-order valence-corrected chi connectivity index (χ2v) is 19.4. The number of rotatable bonds is 42. The summed E-state index contributed by atoms with van der Waals surface area (Å²) in [7, 11) is 0. The molecule has 0 radical (unpaired) electrons. The van der Waals surface area contributed by atoms with E-state index in [1.165, 1.54) is 154 Å². The summed E-state index contributed by atoms with van der Waals surface area (Å²) in [6, 6.07) is -0.923. The van der Waals surface area contributed by atoms with Gasteiger partial charge in [-0.25, -0.2) is 0 Å². The van der Waals surface area contributed by atoms with Crippen LogP contribution in [0.25, 0.3) is 0 Å². The van der Waals surface area contributed by atoms with Crippen LogP contribution in [0.1, 0.15) is 213 Å². The molecule has 2 aliphatic heterocycles. The molecule has 0 saturated carbocycles. The molecule has 0 aromatic carbocycles. The third-order valence-electron chi connectivity index (χ3n) is 13.4. The molecule has 0 spiro atoms. The van der Waals surface area contributed by atoms with Gasteiger partial charge in [0.05, 0.1) is 32.0 Å². The number of nitrogens with one attached hydrogen (secondary N) is 1. The number of unbranched alkanes of at least 4 members (excludes halogenated alkanes) is 27. The molecular formula is C53H99NO13. The second kappa shape index (κ2) is 40.1. The summed E-state index contributed by atoms with van der Waals surface area (Å²) in [5.41, 5.74) is 0. The van der Waals surface area contributed by atoms with Gasteiger partial charge in [0.25, 0.3) is 0 Å². The van der Waals surface area contributed by atoms with Crippen molar-refractivity contribution in [2.75, 3.05) is 19.8 Å². The molecule has 2 fully saturated rings. The summed E-state index contributed by atoms with van der Waals surface area (Å²) in [5, 5.41) is 86.1. The Balaban J connectivity index is 1.60. The number of aliphatic hydroxyl groups is 8. The minimum Gasteiger partial charge on any atom is -0.394 e. The lowest BCUT2D eigenvalue weighted by atomic mass is 9.97. The average Bonchev–Trinajstić information content (AvgIpc) is 3.32. The molecule has 0 aliphatic carbocycles. The number of carbonyl (C=O) groups is 1. The molecule has 2 aliphatic rings. The van der Waals surface area contributed by atoms with E-state index >= 15 is 0 Å². The molecule has 2 heterocycles. The molecule has 0 bridgehead atoms. The number of carbonyl (C=O) groups excluding carboxylic acids is 1. The van der Waals surface area contributed by atoms with Crippen molar-refractivity contribution in [1.29, 1.82) is 0 Å². The Hall–Kier alpha value is -1.53. The van der Waals surface area contributed by atoms with Crippen molar-refractivity contribution >= 4 is 5.91 Å². The highest BCUT2D eigenvalue weighted by atomic mass is 16.7. The van der Waals surface area contributed by atoms with E-state index in [-0.39, 0.29) is 18.9 Å². The van der Waals surface area contributed by atoms with Crippen molar-refractivity contribution in [3.63, 3.8) is 0 Å². The predicted octanol–water partition coefficient (Wildman–Crippen LogP) is 7.72. The maximum absolute atomic E-state index is 12.8. The smallest absolute Gasteiger partial charge is 0.220 e. The summed E-state index contributed by atoms with van der Waals surface area (Å²) < 4.78 is 22.5. The molecule has 0 aromatic rings. The van der Waals surface area contributed by atoms with Gasteiger partial charge in [-0.05, 0) is 32.1 Å². The van der Waals surface area contributed by atoms with Crippen LogP contribution >= 0.6 is 0 Å². The zero-order valence-corrected chi connectivity index (χ0v) is 41.9. The first-order chi connectivity index (χ1) is 32.6. The van der Waals surface area contributed by atoms with Crippen LogP contribution < -0.4 is 5.32 Å². The molecule has 12 unspecified atom stereocenters. The van der Waals surface area contributed by atoms with E-state index in [1.807, 2.05) is 13.0 Å². The minimum absolute atomic E-state index is 0.260. The van der Waals surface area contributed by atoms with Crippen molar-refractivity contribution in [1.82, 2.24) is 5.32 Å². The third-order valence-corrected chi connectivity index (χ3v) is 13.4. The van der Waals surface area contributed by atoms with E-state index in [4.69, 9.17) is 18.9 Å². The largest absolute Gasteiger partial charge is 0.394 e. The molecule has 394 valence electrons. The molecule has 1 amide bonds. The summed E-state index contributed by atoms with van der Waals surface area (Å²) in [5.74, 6) is -0.274. The van der Waals surface area contributed by atoms with Gasteiger partial charge >= 0.3 is 0 Å². The molecule has 12 atom stereocenters. The van der Waals surface area contributed by atoms with Crippen molar-refractivity contribution in [3.05, 3.63) is 24.3 Å². The fourth-order valence-corrected chi connectivity index (χ4v) is 8.95. The van der Waals surface area contributed by atoms with Crippen LogP contribution in [-0.4, -0.2) is 140 Å². The maximum atomic E-state index is 12.8. The fraction of sp³-hybridized carbons (Fsp3) is 0.906. The number of allylic oxidation sites excluding steroid dienone is 3. The summed E-state index contributed by atoms with van der Waals surface area (Å²) in [6.07, 6.45) is 29.4. The normalized spacial score (nSPS) is 26.7. The number of ether oxygens (including phenoxy) is 4. The Morgan fingerprint density at radius 3 is 1.46 bits per heavy atom. The quantitative estimate of drug-likeness (QED) is 0.0211. The van der Waals surface area contributed by atoms with E-state index < -0.39 is 86.8 Å². The first-order valence-corrected chi connectivity index (χ1v) is 27.1. The minimum atomic E-state index is -1.79. The molecule has 14 nitrogen and oxygen atoms in total. The molecule has 14 heteroatoms. The number of hydrogen-bond acceptors (Lipinski definition) is 13. The molecule has 67 heavy (non-hydrogen) atoms. The monoisotopic (exact) mass is 958 g/mol. The first-order valence-electron chi connectivity index (χ1n) is 27.1. The van der Waals surface area contributed by atoms with E-state index in [1.54, 1.807) is 6.08 Å². The highest BCUT2D eigenvalue weighted by molar-refractivity contribution is 5.76. The van der Waals surface area contributed by atoms with Gasteiger partial charge in [0.1, 0.15) is 48.8 Å². The third kappa shape index (κ3) is 27.0. The zero-order chi connectivity index (χ0) is 48.9. The number of hydrogen-bond donors (Lipinski definition) is 9. The Kier molecular flexibility index (Phi) is 36.9. The van der Waals surface area contributed by atoms with Crippen LogP contribution in [0.3, 0.4) is 0 Å². The van der Waals surface area contributed by atoms with Gasteiger partial charge in [-0.1, -0.05) is 199 Å². The maximum Gasteiger partial charge on any atom is 0.220 e. The van der Waals surface area contributed by atoms with Crippen molar-refractivity contribution in [3.8, 4) is 0 Å². The highest BCUT2D eigenvalue weighted by Gasteiger charge is 2.51. The highest BCUT2D eigenvalue weighted by Crippen LogP contribution is 2.30. The van der Waals surface area contributed by atoms with Gasteiger partial charge in [0.15, 0.2) is 12.6 Å². The predicted molar refractivity (Wildman–Crippen MR) is 263 cm³/mol. The van der Waals surface area contributed by atoms with Gasteiger partial charge in [0, 0.05) is 6.42 Å². The fourth-order valence-electron chi connectivity index (χ4n) is 8.95. The lowest BCUT2D eigenvalue weighted by molar-refractivity contribution is -0.359. The van der Waals surface area contributed by atoms with Crippen LogP contribution in [0.5, 0.6) is 0 Å². The first kappa shape index (κ1) is 61.6. The van der Waals surface area contributed by atoms with Crippen LogP contribution in [0, 0.1) is 0 Å². The van der Waals surface area contributed by atoms with E-state index in [2.05, 4.69) is 24.4 Å². The van der Waals surface area contributed by atoms with E-state index in [0.717, 1.165) is 25.7 Å². The SMILES string of the molecule is CCCCCCCCCCCCCCCCCCCCCCCCCC/C=C/CC/C=C/C(O)C(COC1OC(CO)C(OC2OC(CO)C(O)C(O)C2O)C(O)C1O)NC(=O)CCCCC. The van der Waals surface area contributed by atoms with Gasteiger partial charge < -0.3 is 65.1 Å². The second-order valence-electron chi connectivity index (χ2n) is 19.4. The van der Waals surface area contributed by atoms with Crippen LogP contribution in [0.2, 0.25) is 0 Å². The van der Waals surface area contributed by atoms with Crippen LogP contribution in [0.4, 0.5) is 0 Å². The van der Waals surface area contributed by atoms with Gasteiger partial charge in [0.2, 0.25) is 5.91 Å². The Morgan fingerprint density at radius 1 is 0.522 bits per heavy atom. The average molecular weight is 958 g/mol. The van der Waals surface area contributed by atoms with Crippen molar-refractivity contribution in [2.45, 2.75) is 286 Å². The van der Waals surface area contributed by atoms with Crippen molar-refractivity contribution in [2.24, 2.45) is 0 Å². The van der Waals surface area contributed by atoms with Crippen LogP contribution in [0.15, 0.2) is 24.3 Å². The Bertz CT molecular complexity index is 1220. The van der Waals surface area contributed by atoms with E-state index in [9.17, 15) is 45.6 Å². The summed E-state index contributed by atoms with van der Waals surface area (Å²) >= 11 is 0. The Morgan fingerprint density at radius 2 is 0.955 bits per heavy atom. The van der Waals surface area contributed by atoms with Crippen molar-refractivity contribution < 1.29 is 64.6 Å². The van der Waals surface area contributed by atoms with Gasteiger partial charge in [-0.3, -0.25) is 4.79 Å². The topological polar surface area (TPSA) is 228 Å². The zero-order valence-electron chi connectivity index (χ0n) is 41.9. The summed E-state index contributed by atoms with van der Waals surface area (Å²) in [6.45, 7) is 2.59. The molecular weight excluding hydrogens is 859 g/mol. The lowest BCUT2D eigenvalue weighted by Gasteiger charge is -2.46. The number of aliphatic hydroxyl groups excluding tert-OH is 8. The Labute approximate surface area is 405 Å². The molecule has 2 saturated heterocycles. The molecule has 9 N–H and O–H groups in total. The van der Waals surface area contributed by atoms with Gasteiger partial charge in [-0.2, -0.15) is 0 Å². The molecule has 2 rings (SSSR count). The standard InChI is InChI=1S/C53H99NO13/c1-3-5-7-8-9-10-11-12-13-14-15-16-17-18-19-20-21-22-23-24-25-26-27-28-29-30-31-32-33-35-36-42(57)41(54-45(58)37-34-6-4-2)40-64-52-50(63)48(61)51(44(39-56)66-52)67-53-49(62)47(60)46(59)43(38-55)65-53/h30-31,35-36,41-44,46-53,55-57,59-63H,3-29,32-34,37-40H2,1-2H3,(H,54,58)/b31-30+,36-35+. The molecule has 0 aromatic heterocycles. The summed E-state index contributed by atoms with van der Waals surface area (Å²) in [4.78, 5) is 12.8. The lowest BCUT2D eigenvalue weighted by Crippen LogP contribution is -2.65. The van der Waals surface area contributed by atoms with Gasteiger partial charge in [-0.15, -0.1) is 0 Å². The number of amides is 1. The van der Waals surface area contributed by atoms with Crippen LogP contribution in [-0.2, 0) is 23.7 Å².